The summed E-state index contributed by atoms with van der Waals surface area (Å²) in [5, 5.41) is 0.957. The summed E-state index contributed by atoms with van der Waals surface area (Å²) in [6.07, 6.45) is 6.86. The van der Waals surface area contributed by atoms with E-state index in [1.165, 1.54) is 11.5 Å². The summed E-state index contributed by atoms with van der Waals surface area (Å²) in [5.41, 5.74) is 2.19. The monoisotopic (exact) mass is 334 g/mol. The Kier molecular flexibility index (Phi) is 5.96. The predicted octanol–water partition coefficient (Wildman–Crippen LogP) is 3.62. The Morgan fingerprint density at radius 1 is 1.43 bits per heavy atom. The minimum atomic E-state index is 0.0308. The molecule has 6 heteroatoms. The van der Waals surface area contributed by atoms with E-state index in [9.17, 15) is 4.79 Å². The van der Waals surface area contributed by atoms with E-state index in [0.29, 0.717) is 19.9 Å². The standard InChI is InChI=1S/C17H26N4OS/c1-6-9-13(4)20-11-19(10-7-2)17(22)21(12-20)16-14(5)15(8-3)18-23-16/h6-7,9,13H,2,8,10-12H2,1,3-5H3. The van der Waals surface area contributed by atoms with Crippen LogP contribution in [0.3, 0.4) is 0 Å². The van der Waals surface area contributed by atoms with E-state index in [4.69, 9.17) is 0 Å². The summed E-state index contributed by atoms with van der Waals surface area (Å²) in [7, 11) is 0. The molecule has 0 bridgehead atoms. The molecule has 1 saturated heterocycles. The van der Waals surface area contributed by atoms with Crippen LogP contribution < -0.4 is 4.90 Å². The maximum atomic E-state index is 12.8. The number of aryl methyl sites for hydroxylation is 1. The highest BCUT2D eigenvalue weighted by Gasteiger charge is 2.34. The molecule has 1 aromatic heterocycles. The van der Waals surface area contributed by atoms with Gasteiger partial charge < -0.3 is 4.90 Å². The van der Waals surface area contributed by atoms with Crippen molar-refractivity contribution in [3.63, 3.8) is 0 Å². The van der Waals surface area contributed by atoms with Crippen LogP contribution in [0.2, 0.25) is 0 Å². The lowest BCUT2D eigenvalue weighted by molar-refractivity contribution is 0.109. The third-order valence-corrected chi connectivity index (χ3v) is 5.16. The van der Waals surface area contributed by atoms with Gasteiger partial charge in [0, 0.05) is 18.2 Å². The first-order chi connectivity index (χ1) is 11.0. The summed E-state index contributed by atoms with van der Waals surface area (Å²) in [6.45, 7) is 13.8. The largest absolute Gasteiger partial charge is 0.327 e. The average molecular weight is 334 g/mol. The number of urea groups is 1. The van der Waals surface area contributed by atoms with Crippen LogP contribution in [-0.2, 0) is 6.42 Å². The molecule has 0 N–H and O–H groups in total. The molecule has 1 atom stereocenters. The van der Waals surface area contributed by atoms with Crippen LogP contribution in [-0.4, -0.2) is 46.1 Å². The third-order valence-electron chi connectivity index (χ3n) is 4.15. The van der Waals surface area contributed by atoms with Crippen molar-refractivity contribution in [2.75, 3.05) is 24.8 Å². The number of hydrogen-bond acceptors (Lipinski definition) is 4. The quantitative estimate of drug-likeness (QED) is 0.746. The molecular formula is C17H26N4OS. The van der Waals surface area contributed by atoms with Gasteiger partial charge in [-0.05, 0) is 38.7 Å². The Morgan fingerprint density at radius 3 is 2.74 bits per heavy atom. The Bertz CT molecular complexity index is 595. The zero-order valence-corrected chi connectivity index (χ0v) is 15.3. The molecule has 2 heterocycles. The highest BCUT2D eigenvalue weighted by atomic mass is 32.1. The molecule has 1 aliphatic heterocycles. The summed E-state index contributed by atoms with van der Waals surface area (Å²) in [5.74, 6) is 0. The Morgan fingerprint density at radius 2 is 2.17 bits per heavy atom. The molecular weight excluding hydrogens is 308 g/mol. The SMILES string of the molecule is C=CCN1CN(C(C)C=CC)CN(c2snc(CC)c2C)C1=O. The molecule has 1 aliphatic rings. The molecule has 0 radical (unpaired) electrons. The molecule has 2 rings (SSSR count). The minimum Gasteiger partial charge on any atom is -0.308 e. The van der Waals surface area contributed by atoms with Crippen LogP contribution in [0.5, 0.6) is 0 Å². The fourth-order valence-electron chi connectivity index (χ4n) is 2.78. The topological polar surface area (TPSA) is 39.7 Å². The maximum Gasteiger partial charge on any atom is 0.327 e. The number of carbonyl (C=O) groups is 1. The van der Waals surface area contributed by atoms with Crippen LogP contribution in [0.4, 0.5) is 9.80 Å². The van der Waals surface area contributed by atoms with Crippen molar-refractivity contribution in [3.8, 4) is 0 Å². The number of hydrogen-bond donors (Lipinski definition) is 0. The second kappa shape index (κ2) is 7.75. The van der Waals surface area contributed by atoms with E-state index >= 15 is 0 Å². The molecule has 2 amide bonds. The van der Waals surface area contributed by atoms with Gasteiger partial charge in [0.2, 0.25) is 0 Å². The second-order valence-electron chi connectivity index (χ2n) is 5.77. The number of carbonyl (C=O) groups excluding carboxylic acids is 1. The number of anilines is 1. The second-order valence-corrected chi connectivity index (χ2v) is 6.52. The third kappa shape index (κ3) is 3.64. The molecule has 0 aromatic carbocycles. The van der Waals surface area contributed by atoms with E-state index in [1.54, 1.807) is 6.08 Å². The van der Waals surface area contributed by atoms with Gasteiger partial charge in [-0.1, -0.05) is 25.2 Å². The summed E-state index contributed by atoms with van der Waals surface area (Å²) in [6, 6.07) is 0.296. The van der Waals surface area contributed by atoms with Crippen molar-refractivity contribution < 1.29 is 4.79 Å². The van der Waals surface area contributed by atoms with E-state index < -0.39 is 0 Å². The highest BCUT2D eigenvalue weighted by molar-refractivity contribution is 7.10. The van der Waals surface area contributed by atoms with Crippen molar-refractivity contribution in [1.82, 2.24) is 14.2 Å². The van der Waals surface area contributed by atoms with Gasteiger partial charge in [-0.15, -0.1) is 6.58 Å². The molecule has 0 aliphatic carbocycles. The first-order valence-electron chi connectivity index (χ1n) is 8.02. The van der Waals surface area contributed by atoms with E-state index in [-0.39, 0.29) is 12.1 Å². The molecule has 126 valence electrons. The van der Waals surface area contributed by atoms with Gasteiger partial charge in [0.25, 0.3) is 0 Å². The number of nitrogens with zero attached hydrogens (tertiary/aromatic N) is 4. The van der Waals surface area contributed by atoms with E-state index in [0.717, 1.165) is 22.7 Å². The lowest BCUT2D eigenvalue weighted by Crippen LogP contribution is -2.60. The van der Waals surface area contributed by atoms with Gasteiger partial charge in [-0.2, -0.15) is 4.37 Å². The Balaban J connectivity index is 2.32. The highest BCUT2D eigenvalue weighted by Crippen LogP contribution is 2.31. The molecule has 1 unspecified atom stereocenters. The fraction of sp³-hybridized carbons (Fsp3) is 0.529. The first kappa shape index (κ1) is 17.7. The summed E-state index contributed by atoms with van der Waals surface area (Å²) >= 11 is 1.42. The zero-order chi connectivity index (χ0) is 17.0. The first-order valence-corrected chi connectivity index (χ1v) is 8.80. The number of rotatable bonds is 6. The molecule has 5 nitrogen and oxygen atoms in total. The lowest BCUT2D eigenvalue weighted by atomic mass is 10.2. The van der Waals surface area contributed by atoms with Crippen LogP contribution >= 0.6 is 11.5 Å². The van der Waals surface area contributed by atoms with Crippen molar-refractivity contribution in [1.29, 1.82) is 0 Å². The Hall–Kier alpha value is -1.66. The molecule has 0 saturated carbocycles. The van der Waals surface area contributed by atoms with Crippen LogP contribution in [0.15, 0.2) is 24.8 Å². The fourth-order valence-corrected chi connectivity index (χ4v) is 3.73. The average Bonchev–Trinajstić information content (AvgIpc) is 2.90. The van der Waals surface area contributed by atoms with Crippen molar-refractivity contribution in [3.05, 3.63) is 36.1 Å². The van der Waals surface area contributed by atoms with Crippen LogP contribution in [0.25, 0.3) is 0 Å². The predicted molar refractivity (Wildman–Crippen MR) is 96.9 cm³/mol. The molecule has 1 aromatic rings. The van der Waals surface area contributed by atoms with E-state index in [1.807, 2.05) is 16.7 Å². The molecule has 23 heavy (non-hydrogen) atoms. The minimum absolute atomic E-state index is 0.0308. The Labute approximate surface area is 143 Å². The lowest BCUT2D eigenvalue weighted by Gasteiger charge is -2.43. The van der Waals surface area contributed by atoms with Gasteiger partial charge in [0.15, 0.2) is 0 Å². The number of allylic oxidation sites excluding steroid dienone is 1. The van der Waals surface area contributed by atoms with Crippen LogP contribution in [0, 0.1) is 6.92 Å². The van der Waals surface area contributed by atoms with Gasteiger partial charge >= 0.3 is 6.03 Å². The van der Waals surface area contributed by atoms with Crippen molar-refractivity contribution in [2.24, 2.45) is 0 Å². The van der Waals surface area contributed by atoms with Crippen LogP contribution in [0.1, 0.15) is 32.0 Å². The van der Waals surface area contributed by atoms with Gasteiger partial charge in [0.05, 0.1) is 19.0 Å². The van der Waals surface area contributed by atoms with Crippen molar-refractivity contribution >= 4 is 22.6 Å². The van der Waals surface area contributed by atoms with Crippen molar-refractivity contribution in [2.45, 2.75) is 40.2 Å². The number of aromatic nitrogens is 1. The summed E-state index contributed by atoms with van der Waals surface area (Å²) < 4.78 is 4.50. The smallest absolute Gasteiger partial charge is 0.308 e. The zero-order valence-electron chi connectivity index (χ0n) is 14.5. The normalized spacial score (nSPS) is 18.0. The van der Waals surface area contributed by atoms with Gasteiger partial charge in [-0.3, -0.25) is 9.80 Å². The molecule has 0 spiro atoms. The van der Waals surface area contributed by atoms with E-state index in [2.05, 4.69) is 48.8 Å². The molecule has 1 fully saturated rings. The summed E-state index contributed by atoms with van der Waals surface area (Å²) in [4.78, 5) is 18.8. The van der Waals surface area contributed by atoms with Gasteiger partial charge in [-0.25, -0.2) is 4.79 Å². The number of amides is 2. The maximum absolute atomic E-state index is 12.8. The van der Waals surface area contributed by atoms with Gasteiger partial charge in [0.1, 0.15) is 5.00 Å².